The maximum Gasteiger partial charge on any atom is 0.310 e. The Morgan fingerprint density at radius 2 is 1.67 bits per heavy atom. The van der Waals surface area contributed by atoms with E-state index >= 15 is 0 Å². The first-order valence-electron chi connectivity index (χ1n) is 12.8. The van der Waals surface area contributed by atoms with Crippen molar-refractivity contribution < 1.29 is 23.9 Å². The number of carbonyl (C=O) groups is 4. The molecule has 0 radical (unpaired) electrons. The zero-order valence-corrected chi connectivity index (χ0v) is 22.1. The summed E-state index contributed by atoms with van der Waals surface area (Å²) in [6.07, 6.45) is 4.34. The number of pyridine rings is 1. The summed E-state index contributed by atoms with van der Waals surface area (Å²) >= 11 is 1.36. The fourth-order valence-electron chi connectivity index (χ4n) is 4.78. The second kappa shape index (κ2) is 11.6. The normalized spacial score (nSPS) is 14.2. The van der Waals surface area contributed by atoms with Gasteiger partial charge in [0, 0.05) is 18.9 Å². The van der Waals surface area contributed by atoms with E-state index in [-0.39, 0.29) is 24.3 Å². The molecule has 0 saturated carbocycles. The van der Waals surface area contributed by atoms with Gasteiger partial charge < -0.3 is 10.1 Å². The van der Waals surface area contributed by atoms with Crippen LogP contribution in [0.15, 0.2) is 79.1 Å². The minimum Gasteiger partial charge on any atom is -0.461 e. The monoisotopic (exact) mass is 541 g/mol. The van der Waals surface area contributed by atoms with E-state index in [4.69, 9.17) is 4.74 Å². The highest BCUT2D eigenvalue weighted by Gasteiger charge is 2.42. The molecule has 0 fully saturated rings. The molecule has 1 unspecified atom stereocenters. The van der Waals surface area contributed by atoms with Crippen LogP contribution < -0.4 is 5.32 Å². The lowest BCUT2D eigenvalue weighted by molar-refractivity contribution is -0.154. The van der Waals surface area contributed by atoms with Gasteiger partial charge in [-0.15, -0.1) is 11.3 Å². The summed E-state index contributed by atoms with van der Waals surface area (Å²) in [6.45, 7) is 1.73. The maximum absolute atomic E-state index is 13.8. The van der Waals surface area contributed by atoms with Crippen LogP contribution in [0.4, 0.5) is 5.00 Å². The second-order valence-electron chi connectivity index (χ2n) is 9.37. The zero-order valence-electron chi connectivity index (χ0n) is 21.3. The van der Waals surface area contributed by atoms with Crippen LogP contribution in [0.5, 0.6) is 0 Å². The molecular weight excluding hydrogens is 514 g/mol. The van der Waals surface area contributed by atoms with Gasteiger partial charge in [-0.25, -0.2) is 0 Å². The van der Waals surface area contributed by atoms with Crippen molar-refractivity contribution in [3.63, 3.8) is 0 Å². The van der Waals surface area contributed by atoms with Gasteiger partial charge in [-0.2, -0.15) is 0 Å². The van der Waals surface area contributed by atoms with Gasteiger partial charge in [-0.05, 0) is 41.6 Å². The van der Waals surface area contributed by atoms with Gasteiger partial charge in [0.25, 0.3) is 11.8 Å². The van der Waals surface area contributed by atoms with Crippen molar-refractivity contribution in [2.24, 2.45) is 11.8 Å². The number of hydrogen-bond acceptors (Lipinski definition) is 7. The summed E-state index contributed by atoms with van der Waals surface area (Å²) in [5, 5.41) is 4.43. The summed E-state index contributed by atoms with van der Waals surface area (Å²) in [4.78, 5) is 58.7. The van der Waals surface area contributed by atoms with Gasteiger partial charge in [-0.1, -0.05) is 55.8 Å². The first-order chi connectivity index (χ1) is 19.0. The van der Waals surface area contributed by atoms with E-state index in [9.17, 15) is 19.2 Å². The Morgan fingerprint density at radius 1 is 0.974 bits per heavy atom. The van der Waals surface area contributed by atoms with Gasteiger partial charge in [0.15, 0.2) is 0 Å². The molecule has 198 valence electrons. The molecule has 1 N–H and O–H groups in total. The first-order valence-corrected chi connectivity index (χ1v) is 13.6. The molecule has 0 aliphatic carbocycles. The molecule has 2 aromatic carbocycles. The van der Waals surface area contributed by atoms with E-state index in [0.717, 1.165) is 20.5 Å². The van der Waals surface area contributed by atoms with Crippen molar-refractivity contribution in [3.8, 4) is 0 Å². The van der Waals surface area contributed by atoms with Crippen molar-refractivity contribution in [2.45, 2.75) is 26.4 Å². The Labute approximate surface area is 229 Å². The van der Waals surface area contributed by atoms with Gasteiger partial charge >= 0.3 is 5.97 Å². The molecule has 4 aromatic rings. The number of carbonyl (C=O) groups excluding carboxylic acids is 4. The summed E-state index contributed by atoms with van der Waals surface area (Å²) in [6, 6.07) is 19.5. The SMILES string of the molecule is CCC[C@H](C(=O)OCc1ccccc1)C(CN1C(=O)c2ccccc2C1=O)C(=O)Nc1cc2ccncc2s1. The number of rotatable bonds is 10. The number of esters is 1. The summed E-state index contributed by atoms with van der Waals surface area (Å²) in [7, 11) is 0. The standard InChI is InChI=1S/C30H27N3O5S/c1-2-8-23(30(37)38-18-19-9-4-3-5-10-19)24(17-33-28(35)21-11-6-7-12-22(21)29(33)36)27(34)32-26-15-20-13-14-31-16-25(20)39-26/h3-7,9-16,23-24H,2,8,17-18H2,1H3,(H,32,34)/t23-,24?/m0/s1. The number of nitrogens with one attached hydrogen (secondary N) is 1. The minimum atomic E-state index is -1.02. The molecule has 3 heterocycles. The zero-order chi connectivity index (χ0) is 27.4. The van der Waals surface area contributed by atoms with Gasteiger partial charge in [0.05, 0.1) is 32.7 Å². The smallest absolute Gasteiger partial charge is 0.310 e. The number of amides is 3. The van der Waals surface area contributed by atoms with Crippen LogP contribution in [0, 0.1) is 11.8 Å². The van der Waals surface area contributed by atoms with E-state index < -0.39 is 35.5 Å². The van der Waals surface area contributed by atoms with Crippen LogP contribution >= 0.6 is 11.3 Å². The van der Waals surface area contributed by atoms with Crippen LogP contribution in [-0.2, 0) is 20.9 Å². The van der Waals surface area contributed by atoms with Gasteiger partial charge in [0.1, 0.15) is 6.61 Å². The predicted molar refractivity (Wildman–Crippen MR) is 148 cm³/mol. The number of anilines is 1. The molecule has 1 aliphatic rings. The predicted octanol–water partition coefficient (Wildman–Crippen LogP) is 5.31. The largest absolute Gasteiger partial charge is 0.461 e. The van der Waals surface area contributed by atoms with Crippen LogP contribution in [-0.4, -0.2) is 40.1 Å². The lowest BCUT2D eigenvalue weighted by atomic mass is 9.87. The van der Waals surface area contributed by atoms with Gasteiger partial charge in [0.2, 0.25) is 5.91 Å². The van der Waals surface area contributed by atoms with Crippen LogP contribution in [0.3, 0.4) is 0 Å². The Balaban J connectivity index is 1.43. The molecule has 8 nitrogen and oxygen atoms in total. The lowest BCUT2D eigenvalue weighted by Crippen LogP contribution is -2.44. The van der Waals surface area contributed by atoms with Gasteiger partial charge in [-0.3, -0.25) is 29.1 Å². The van der Waals surface area contributed by atoms with E-state index in [0.29, 0.717) is 17.8 Å². The number of imide groups is 1. The fourth-order valence-corrected chi connectivity index (χ4v) is 5.72. The molecule has 9 heteroatoms. The molecule has 0 spiro atoms. The van der Waals surface area contributed by atoms with E-state index in [1.54, 1.807) is 36.7 Å². The Morgan fingerprint density at radius 3 is 2.33 bits per heavy atom. The van der Waals surface area contributed by atoms with E-state index in [1.807, 2.05) is 49.4 Å². The molecule has 1 aliphatic heterocycles. The molecular formula is C30H27N3O5S. The van der Waals surface area contributed by atoms with E-state index in [2.05, 4.69) is 10.3 Å². The number of ether oxygens (including phenoxy) is 1. The van der Waals surface area contributed by atoms with Crippen LogP contribution in [0.1, 0.15) is 46.0 Å². The van der Waals surface area contributed by atoms with Crippen molar-refractivity contribution in [1.82, 2.24) is 9.88 Å². The first kappa shape index (κ1) is 26.2. The molecule has 39 heavy (non-hydrogen) atoms. The highest BCUT2D eigenvalue weighted by molar-refractivity contribution is 7.22. The highest BCUT2D eigenvalue weighted by Crippen LogP contribution is 2.32. The molecule has 5 rings (SSSR count). The third kappa shape index (κ3) is 5.58. The summed E-state index contributed by atoms with van der Waals surface area (Å²) in [5.74, 6) is -3.83. The maximum atomic E-state index is 13.8. The summed E-state index contributed by atoms with van der Waals surface area (Å²) < 4.78 is 6.54. The summed E-state index contributed by atoms with van der Waals surface area (Å²) in [5.41, 5.74) is 1.40. The quantitative estimate of drug-likeness (QED) is 0.216. The second-order valence-corrected chi connectivity index (χ2v) is 10.5. The number of thiophene rings is 1. The molecule has 3 amide bonds. The third-order valence-electron chi connectivity index (χ3n) is 6.78. The van der Waals surface area contributed by atoms with Crippen LogP contribution in [0.2, 0.25) is 0 Å². The highest BCUT2D eigenvalue weighted by atomic mass is 32.1. The molecule has 2 atom stereocenters. The number of benzene rings is 2. The Kier molecular flexibility index (Phi) is 7.79. The minimum absolute atomic E-state index is 0.0601. The number of aromatic nitrogens is 1. The van der Waals surface area contributed by atoms with Crippen molar-refractivity contribution in [3.05, 3.63) is 95.8 Å². The van der Waals surface area contributed by atoms with Crippen molar-refractivity contribution >= 4 is 50.1 Å². The van der Waals surface area contributed by atoms with Crippen LogP contribution in [0.25, 0.3) is 10.1 Å². The fraction of sp³-hybridized carbons (Fsp3) is 0.233. The topological polar surface area (TPSA) is 106 Å². The molecule has 2 aromatic heterocycles. The van der Waals surface area contributed by atoms with E-state index in [1.165, 1.54) is 11.3 Å². The van der Waals surface area contributed by atoms with Crippen molar-refractivity contribution in [1.29, 1.82) is 0 Å². The van der Waals surface area contributed by atoms with Crippen molar-refractivity contribution in [2.75, 3.05) is 11.9 Å². The number of fused-ring (bicyclic) bond motifs is 2. The average Bonchev–Trinajstić information content (AvgIpc) is 3.47. The molecule has 0 bridgehead atoms. The number of nitrogens with zero attached hydrogens (tertiary/aromatic N) is 2. The molecule has 0 saturated heterocycles. The third-order valence-corrected chi connectivity index (χ3v) is 7.78. The lowest BCUT2D eigenvalue weighted by Gasteiger charge is -2.27. The number of hydrogen-bond donors (Lipinski definition) is 1. The Bertz CT molecular complexity index is 1470. The Hall–Kier alpha value is -4.37. The average molecular weight is 542 g/mol.